The molecule has 7 nitrogen and oxygen atoms in total. The normalized spacial score (nSPS) is 18.3. The number of morpholine rings is 1. The van der Waals surface area contributed by atoms with Crippen molar-refractivity contribution in [1.82, 2.24) is 24.8 Å². The van der Waals surface area contributed by atoms with Gasteiger partial charge >= 0.3 is 0 Å². The number of aromatic nitrogens is 4. The number of nitrogens with zero attached hydrogens (tertiary/aromatic N) is 5. The average molecular weight is 434 g/mol. The molecule has 0 aliphatic carbocycles. The lowest BCUT2D eigenvalue weighted by Crippen LogP contribution is -2.37. The topological polar surface area (TPSA) is 70.2 Å². The number of thiazole rings is 1. The van der Waals surface area contributed by atoms with Crippen LogP contribution >= 0.6 is 11.3 Å². The Kier molecular flexibility index (Phi) is 5.06. The SMILES string of the molecule is [CH]1CCN(Cc2nc3c(N4CCOCC4)nc(-c4cccc5[nH]ccc45)nc3s2)CC1. The fourth-order valence-electron chi connectivity index (χ4n) is 4.47. The monoisotopic (exact) mass is 433 g/mol. The van der Waals surface area contributed by atoms with Gasteiger partial charge in [0.05, 0.1) is 19.8 Å². The third kappa shape index (κ3) is 3.69. The van der Waals surface area contributed by atoms with E-state index in [0.717, 1.165) is 102 Å². The van der Waals surface area contributed by atoms with Crippen molar-refractivity contribution in [3.05, 3.63) is 41.9 Å². The van der Waals surface area contributed by atoms with Crippen molar-refractivity contribution < 1.29 is 4.74 Å². The minimum Gasteiger partial charge on any atom is -0.378 e. The molecule has 0 atom stereocenters. The van der Waals surface area contributed by atoms with Crippen LogP contribution in [0.5, 0.6) is 0 Å². The minimum atomic E-state index is 0.718. The maximum absolute atomic E-state index is 5.58. The maximum atomic E-state index is 5.58. The molecule has 2 saturated heterocycles. The van der Waals surface area contributed by atoms with E-state index in [1.165, 1.54) is 0 Å². The fourth-order valence-corrected chi connectivity index (χ4v) is 5.44. The number of H-pyrrole nitrogens is 1. The first-order valence-electron chi connectivity index (χ1n) is 11.0. The number of aromatic amines is 1. The van der Waals surface area contributed by atoms with Gasteiger partial charge in [-0.1, -0.05) is 23.5 Å². The first-order valence-corrected chi connectivity index (χ1v) is 11.8. The summed E-state index contributed by atoms with van der Waals surface area (Å²) in [6.07, 6.45) is 6.67. The van der Waals surface area contributed by atoms with Crippen LogP contribution in [0.4, 0.5) is 5.82 Å². The molecule has 1 radical (unpaired) electrons. The number of hydrogen-bond acceptors (Lipinski definition) is 7. The van der Waals surface area contributed by atoms with E-state index in [1.54, 1.807) is 11.3 Å². The average Bonchev–Trinajstić information content (AvgIpc) is 3.46. The molecule has 2 fully saturated rings. The molecule has 1 N–H and O–H groups in total. The van der Waals surface area contributed by atoms with Gasteiger partial charge in [-0.25, -0.2) is 15.0 Å². The molecule has 31 heavy (non-hydrogen) atoms. The van der Waals surface area contributed by atoms with Crippen molar-refractivity contribution in [2.24, 2.45) is 0 Å². The number of ether oxygens (including phenoxy) is 1. The number of anilines is 1. The first kappa shape index (κ1) is 19.2. The Morgan fingerprint density at radius 1 is 1.00 bits per heavy atom. The second-order valence-corrected chi connectivity index (χ2v) is 9.18. The summed E-state index contributed by atoms with van der Waals surface area (Å²) < 4.78 is 5.58. The highest BCUT2D eigenvalue weighted by Crippen LogP contribution is 2.34. The van der Waals surface area contributed by atoms with E-state index < -0.39 is 0 Å². The van der Waals surface area contributed by atoms with Crippen molar-refractivity contribution >= 4 is 38.4 Å². The van der Waals surface area contributed by atoms with Crippen LogP contribution in [0.25, 0.3) is 32.6 Å². The van der Waals surface area contributed by atoms with E-state index in [4.69, 9.17) is 19.7 Å². The molecule has 8 heteroatoms. The molecule has 0 bridgehead atoms. The quantitative estimate of drug-likeness (QED) is 0.527. The molecule has 6 rings (SSSR count). The fraction of sp³-hybridized carbons (Fsp3) is 0.391. The first-order chi connectivity index (χ1) is 15.3. The number of fused-ring (bicyclic) bond motifs is 2. The minimum absolute atomic E-state index is 0.718. The van der Waals surface area contributed by atoms with Crippen LogP contribution in [0.2, 0.25) is 0 Å². The molecule has 0 amide bonds. The summed E-state index contributed by atoms with van der Waals surface area (Å²) in [4.78, 5) is 24.1. The molecule has 5 heterocycles. The zero-order valence-corrected chi connectivity index (χ0v) is 18.2. The van der Waals surface area contributed by atoms with Crippen LogP contribution < -0.4 is 4.90 Å². The molecule has 0 spiro atoms. The second-order valence-electron chi connectivity index (χ2n) is 8.12. The Morgan fingerprint density at radius 2 is 1.87 bits per heavy atom. The predicted octanol–water partition coefficient (Wildman–Crippen LogP) is 3.87. The summed E-state index contributed by atoms with van der Waals surface area (Å²) in [5.41, 5.74) is 3.08. The van der Waals surface area contributed by atoms with Gasteiger partial charge in [0.2, 0.25) is 0 Å². The highest BCUT2D eigenvalue weighted by atomic mass is 32.1. The molecule has 0 saturated carbocycles. The summed E-state index contributed by atoms with van der Waals surface area (Å²) in [5.74, 6) is 1.70. The molecule has 0 unspecified atom stereocenters. The molecular weight excluding hydrogens is 408 g/mol. The lowest BCUT2D eigenvalue weighted by Gasteiger charge is -2.28. The van der Waals surface area contributed by atoms with Gasteiger partial charge < -0.3 is 14.6 Å². The number of piperidine rings is 1. The van der Waals surface area contributed by atoms with Gasteiger partial charge in [-0.15, -0.1) is 0 Å². The van der Waals surface area contributed by atoms with Crippen molar-refractivity contribution in [3.8, 4) is 11.4 Å². The van der Waals surface area contributed by atoms with Crippen molar-refractivity contribution in [3.63, 3.8) is 0 Å². The van der Waals surface area contributed by atoms with E-state index in [9.17, 15) is 0 Å². The molecule has 1 aromatic carbocycles. The van der Waals surface area contributed by atoms with Crippen LogP contribution in [0.15, 0.2) is 30.5 Å². The van der Waals surface area contributed by atoms with Crippen molar-refractivity contribution in [1.29, 1.82) is 0 Å². The molecule has 2 aliphatic rings. The Morgan fingerprint density at radius 3 is 2.74 bits per heavy atom. The van der Waals surface area contributed by atoms with E-state index in [-0.39, 0.29) is 0 Å². The summed E-state index contributed by atoms with van der Waals surface area (Å²) >= 11 is 1.71. The van der Waals surface area contributed by atoms with Gasteiger partial charge in [-0.3, -0.25) is 4.90 Å². The second kappa shape index (κ2) is 8.18. The van der Waals surface area contributed by atoms with Crippen molar-refractivity contribution in [2.45, 2.75) is 19.4 Å². The summed E-state index contributed by atoms with van der Waals surface area (Å²) in [7, 11) is 0. The molecule has 2 aliphatic heterocycles. The number of rotatable bonds is 4. The lowest BCUT2D eigenvalue weighted by molar-refractivity contribution is 0.122. The number of likely N-dealkylation sites (tertiary alicyclic amines) is 1. The third-order valence-electron chi connectivity index (χ3n) is 6.09. The molecule has 159 valence electrons. The van der Waals surface area contributed by atoms with Gasteiger partial charge in [0.1, 0.15) is 15.4 Å². The van der Waals surface area contributed by atoms with E-state index in [2.05, 4.69) is 45.5 Å². The molecular formula is C23H25N6OS. The number of benzene rings is 1. The standard InChI is InChI=1S/C23H25N6OS/c1-2-9-28(10-3-1)15-19-25-20-22(29-11-13-30-14-12-29)26-21(27-23(20)31-19)17-5-4-6-18-16(17)7-8-24-18/h1,4-8,24H,2-3,9-15H2. The largest absolute Gasteiger partial charge is 0.378 e. The van der Waals surface area contributed by atoms with Crippen molar-refractivity contribution in [2.75, 3.05) is 44.3 Å². The zero-order chi connectivity index (χ0) is 20.6. The summed E-state index contributed by atoms with van der Waals surface area (Å²) in [6.45, 7) is 6.20. The highest BCUT2D eigenvalue weighted by Gasteiger charge is 2.22. The van der Waals surface area contributed by atoms with Gasteiger partial charge in [0, 0.05) is 35.8 Å². The van der Waals surface area contributed by atoms with Gasteiger partial charge in [0.25, 0.3) is 0 Å². The molecule has 4 aromatic rings. The van der Waals surface area contributed by atoms with Gasteiger partial charge in [-0.05, 0) is 44.5 Å². The maximum Gasteiger partial charge on any atom is 0.163 e. The Balaban J connectivity index is 1.46. The molecule has 3 aromatic heterocycles. The van der Waals surface area contributed by atoms with Crippen LogP contribution in [0.1, 0.15) is 17.8 Å². The Labute approximate surface area is 185 Å². The third-order valence-corrected chi connectivity index (χ3v) is 7.02. The van der Waals surface area contributed by atoms with Crippen LogP contribution in [-0.2, 0) is 11.3 Å². The van der Waals surface area contributed by atoms with Crippen LogP contribution in [0, 0.1) is 6.42 Å². The Bertz CT molecular complexity index is 1210. The Hall–Kier alpha value is -2.55. The zero-order valence-electron chi connectivity index (χ0n) is 17.4. The van der Waals surface area contributed by atoms with E-state index in [1.807, 2.05) is 6.20 Å². The smallest absolute Gasteiger partial charge is 0.163 e. The number of hydrogen-bond donors (Lipinski definition) is 1. The van der Waals surface area contributed by atoms with E-state index in [0.29, 0.717) is 0 Å². The van der Waals surface area contributed by atoms with E-state index >= 15 is 0 Å². The van der Waals surface area contributed by atoms with Crippen LogP contribution in [0.3, 0.4) is 0 Å². The lowest BCUT2D eigenvalue weighted by atomic mass is 10.1. The predicted molar refractivity (Wildman–Crippen MR) is 124 cm³/mol. The number of nitrogens with one attached hydrogen (secondary N) is 1. The van der Waals surface area contributed by atoms with Gasteiger partial charge in [0.15, 0.2) is 11.6 Å². The highest BCUT2D eigenvalue weighted by molar-refractivity contribution is 7.18. The summed E-state index contributed by atoms with van der Waals surface area (Å²) in [6, 6.07) is 8.34. The summed E-state index contributed by atoms with van der Waals surface area (Å²) in [5, 5.41) is 2.27. The van der Waals surface area contributed by atoms with Crippen LogP contribution in [-0.4, -0.2) is 64.2 Å². The van der Waals surface area contributed by atoms with Gasteiger partial charge in [-0.2, -0.15) is 0 Å².